The highest BCUT2D eigenvalue weighted by atomic mass is 35.5. The van der Waals surface area contributed by atoms with Gasteiger partial charge in [-0.1, -0.05) is 84.4 Å². The van der Waals surface area contributed by atoms with Gasteiger partial charge in [0, 0.05) is 24.7 Å². The molecule has 1 fully saturated rings. The molecule has 0 radical (unpaired) electrons. The number of ether oxygens (including phenoxy) is 1. The molecule has 1 N–H and O–H groups in total. The first-order chi connectivity index (χ1) is 16.6. The third-order valence-electron chi connectivity index (χ3n) is 5.99. The number of carbonyl (C=O) groups is 2. The highest BCUT2D eigenvalue weighted by molar-refractivity contribution is 6.30. The molecule has 1 heterocycles. The van der Waals surface area contributed by atoms with E-state index < -0.39 is 6.04 Å². The fourth-order valence-electron chi connectivity index (χ4n) is 4.21. The number of hydrogen-bond donors (Lipinski definition) is 1. The van der Waals surface area contributed by atoms with Crippen LogP contribution in [-0.4, -0.2) is 36.0 Å². The second-order valence-corrected chi connectivity index (χ2v) is 8.94. The summed E-state index contributed by atoms with van der Waals surface area (Å²) in [6, 6.07) is 25.6. The van der Waals surface area contributed by atoms with E-state index in [2.05, 4.69) is 5.32 Å². The molecule has 34 heavy (non-hydrogen) atoms. The normalized spacial score (nSPS) is 16.1. The summed E-state index contributed by atoms with van der Waals surface area (Å²) >= 11 is 6.07. The lowest BCUT2D eigenvalue weighted by Gasteiger charge is -2.32. The van der Waals surface area contributed by atoms with Crippen molar-refractivity contribution in [1.29, 1.82) is 0 Å². The predicted octanol–water partition coefficient (Wildman–Crippen LogP) is 4.95. The van der Waals surface area contributed by atoms with Crippen molar-refractivity contribution < 1.29 is 14.3 Å². The molecule has 4 rings (SSSR count). The summed E-state index contributed by atoms with van der Waals surface area (Å²) in [6.45, 7) is 1.44. The van der Waals surface area contributed by atoms with Gasteiger partial charge in [-0.25, -0.2) is 0 Å². The molecular weight excluding hydrogens is 448 g/mol. The van der Waals surface area contributed by atoms with Crippen LogP contribution in [-0.2, 0) is 27.3 Å². The van der Waals surface area contributed by atoms with Crippen LogP contribution in [0.2, 0.25) is 5.02 Å². The number of benzene rings is 3. The number of amides is 2. The molecule has 176 valence electrons. The van der Waals surface area contributed by atoms with E-state index in [9.17, 15) is 9.59 Å². The Balaban J connectivity index is 1.64. The first-order valence-corrected chi connectivity index (χ1v) is 12.0. The molecule has 0 aromatic heterocycles. The largest absolute Gasteiger partial charge is 0.376 e. The summed E-state index contributed by atoms with van der Waals surface area (Å²) in [5.41, 5.74) is 2.57. The van der Waals surface area contributed by atoms with Crippen LogP contribution in [0.3, 0.4) is 0 Å². The number of halogens is 1. The molecule has 0 unspecified atom stereocenters. The Morgan fingerprint density at radius 1 is 0.941 bits per heavy atom. The molecule has 1 saturated heterocycles. The quantitative estimate of drug-likeness (QED) is 0.475. The standard InChI is InChI=1S/C28H29ClN2O3/c29-24-15-13-22(14-16-24)20-31(26(32)18-21-8-3-1-4-9-21)27(23-10-5-2-6-11-23)28(33)30-19-25-12-7-17-34-25/h1-6,8-11,13-16,25,27H,7,12,17-20H2,(H,30,33)/t25-,27-/m1/s1. The molecule has 3 aromatic rings. The zero-order valence-electron chi connectivity index (χ0n) is 19.0. The van der Waals surface area contributed by atoms with Crippen molar-refractivity contribution >= 4 is 23.4 Å². The van der Waals surface area contributed by atoms with E-state index in [1.807, 2.05) is 72.8 Å². The van der Waals surface area contributed by atoms with Gasteiger partial charge in [0.2, 0.25) is 11.8 Å². The Labute approximate surface area is 205 Å². The highest BCUT2D eigenvalue weighted by Crippen LogP contribution is 2.26. The van der Waals surface area contributed by atoms with Gasteiger partial charge in [0.15, 0.2) is 0 Å². The van der Waals surface area contributed by atoms with Gasteiger partial charge in [0.05, 0.1) is 12.5 Å². The van der Waals surface area contributed by atoms with E-state index in [0.717, 1.165) is 36.1 Å². The topological polar surface area (TPSA) is 58.6 Å². The minimum absolute atomic E-state index is 0.0186. The van der Waals surface area contributed by atoms with Gasteiger partial charge in [0.1, 0.15) is 6.04 Å². The Hall–Kier alpha value is -3.15. The molecule has 5 nitrogen and oxygen atoms in total. The lowest BCUT2D eigenvalue weighted by atomic mass is 10.0. The second kappa shape index (κ2) is 11.8. The number of carbonyl (C=O) groups excluding carboxylic acids is 2. The highest BCUT2D eigenvalue weighted by Gasteiger charge is 2.32. The van der Waals surface area contributed by atoms with Crippen LogP contribution in [0, 0.1) is 0 Å². The predicted molar refractivity (Wildman–Crippen MR) is 133 cm³/mol. The molecule has 1 aliphatic rings. The van der Waals surface area contributed by atoms with Crippen molar-refractivity contribution in [3.05, 3.63) is 107 Å². The van der Waals surface area contributed by atoms with E-state index >= 15 is 0 Å². The van der Waals surface area contributed by atoms with Crippen LogP contribution >= 0.6 is 11.6 Å². The van der Waals surface area contributed by atoms with E-state index in [4.69, 9.17) is 16.3 Å². The minimum atomic E-state index is -0.769. The first-order valence-electron chi connectivity index (χ1n) is 11.6. The summed E-state index contributed by atoms with van der Waals surface area (Å²) in [6.07, 6.45) is 2.15. The van der Waals surface area contributed by atoms with E-state index in [1.165, 1.54) is 0 Å². The van der Waals surface area contributed by atoms with Crippen molar-refractivity contribution in [2.75, 3.05) is 13.2 Å². The third kappa shape index (κ3) is 6.46. The molecule has 0 spiro atoms. The monoisotopic (exact) mass is 476 g/mol. The van der Waals surface area contributed by atoms with Gasteiger partial charge in [-0.2, -0.15) is 0 Å². The summed E-state index contributed by atoms with van der Waals surface area (Å²) in [5.74, 6) is -0.334. The zero-order chi connectivity index (χ0) is 23.8. The van der Waals surface area contributed by atoms with Gasteiger partial charge in [0.25, 0.3) is 0 Å². The Morgan fingerprint density at radius 2 is 1.62 bits per heavy atom. The molecule has 2 amide bonds. The minimum Gasteiger partial charge on any atom is -0.376 e. The molecular formula is C28H29ClN2O3. The fraction of sp³-hybridized carbons (Fsp3) is 0.286. The SMILES string of the molecule is O=C(NC[C@H]1CCCO1)[C@@H](c1ccccc1)N(Cc1ccc(Cl)cc1)C(=O)Cc1ccccc1. The Kier molecular flexibility index (Phi) is 8.34. The Bertz CT molecular complexity index is 1070. The summed E-state index contributed by atoms with van der Waals surface area (Å²) in [5, 5.41) is 3.66. The molecule has 6 heteroatoms. The van der Waals surface area contributed by atoms with E-state index in [-0.39, 0.29) is 30.9 Å². The smallest absolute Gasteiger partial charge is 0.247 e. The van der Waals surface area contributed by atoms with Crippen molar-refractivity contribution in [1.82, 2.24) is 10.2 Å². The van der Waals surface area contributed by atoms with Crippen LogP contribution in [0.4, 0.5) is 0 Å². The van der Waals surface area contributed by atoms with Crippen LogP contribution in [0.5, 0.6) is 0 Å². The molecule has 1 aliphatic heterocycles. The number of nitrogens with zero attached hydrogens (tertiary/aromatic N) is 1. The van der Waals surface area contributed by atoms with Crippen LogP contribution in [0.25, 0.3) is 0 Å². The van der Waals surface area contributed by atoms with Gasteiger partial charge in [-0.3, -0.25) is 9.59 Å². The lowest BCUT2D eigenvalue weighted by Crippen LogP contribution is -2.45. The molecule has 3 aromatic carbocycles. The summed E-state index contributed by atoms with van der Waals surface area (Å²) in [7, 11) is 0. The first kappa shape index (κ1) is 24.0. The van der Waals surface area contributed by atoms with E-state index in [1.54, 1.807) is 17.0 Å². The second-order valence-electron chi connectivity index (χ2n) is 8.50. The zero-order valence-corrected chi connectivity index (χ0v) is 19.8. The molecule has 0 aliphatic carbocycles. The van der Waals surface area contributed by atoms with Crippen molar-refractivity contribution in [3.63, 3.8) is 0 Å². The van der Waals surface area contributed by atoms with Gasteiger partial charge >= 0.3 is 0 Å². The van der Waals surface area contributed by atoms with Crippen LogP contribution in [0.15, 0.2) is 84.9 Å². The maximum absolute atomic E-state index is 13.7. The van der Waals surface area contributed by atoms with E-state index in [0.29, 0.717) is 11.6 Å². The average Bonchev–Trinajstić information content (AvgIpc) is 3.39. The number of nitrogens with one attached hydrogen (secondary N) is 1. The summed E-state index contributed by atoms with van der Waals surface area (Å²) in [4.78, 5) is 28.9. The van der Waals surface area contributed by atoms with Crippen LogP contribution < -0.4 is 5.32 Å². The maximum Gasteiger partial charge on any atom is 0.247 e. The number of rotatable bonds is 9. The van der Waals surface area contributed by atoms with Crippen molar-refractivity contribution in [2.45, 2.75) is 38.0 Å². The van der Waals surface area contributed by atoms with Gasteiger partial charge in [-0.05, 0) is 41.7 Å². The van der Waals surface area contributed by atoms with Crippen LogP contribution in [0.1, 0.15) is 35.6 Å². The Morgan fingerprint density at radius 3 is 2.26 bits per heavy atom. The summed E-state index contributed by atoms with van der Waals surface area (Å²) < 4.78 is 5.67. The molecule has 0 bridgehead atoms. The molecule has 2 atom stereocenters. The van der Waals surface area contributed by atoms with Crippen molar-refractivity contribution in [3.8, 4) is 0 Å². The number of hydrogen-bond acceptors (Lipinski definition) is 3. The maximum atomic E-state index is 13.7. The van der Waals surface area contributed by atoms with Gasteiger partial charge in [-0.15, -0.1) is 0 Å². The fourth-order valence-corrected chi connectivity index (χ4v) is 4.33. The average molecular weight is 477 g/mol. The third-order valence-corrected chi connectivity index (χ3v) is 6.24. The van der Waals surface area contributed by atoms with Gasteiger partial charge < -0.3 is 15.0 Å². The van der Waals surface area contributed by atoms with Crippen molar-refractivity contribution in [2.24, 2.45) is 0 Å². The molecule has 0 saturated carbocycles. The lowest BCUT2D eigenvalue weighted by molar-refractivity contribution is -0.141.